The summed E-state index contributed by atoms with van der Waals surface area (Å²) in [4.78, 5) is 12.9. The summed E-state index contributed by atoms with van der Waals surface area (Å²) in [5.41, 5.74) is 0. The lowest BCUT2D eigenvalue weighted by molar-refractivity contribution is -0.132. The molecule has 1 saturated heterocycles. The van der Waals surface area contributed by atoms with Gasteiger partial charge < -0.3 is 9.64 Å². The normalized spacial score (nSPS) is 15.3. The Kier molecular flexibility index (Phi) is 6.81. The average Bonchev–Trinajstić information content (AvgIpc) is 2.71. The third kappa shape index (κ3) is 5.10. The summed E-state index contributed by atoms with van der Waals surface area (Å²) in [6, 6.07) is 12.2. The van der Waals surface area contributed by atoms with Crippen LogP contribution in [-0.4, -0.2) is 56.3 Å². The lowest BCUT2D eigenvalue weighted by Gasteiger charge is -2.34. The van der Waals surface area contributed by atoms with Crippen molar-refractivity contribution in [3.63, 3.8) is 0 Å². The van der Waals surface area contributed by atoms with Gasteiger partial charge in [0.1, 0.15) is 17.4 Å². The summed E-state index contributed by atoms with van der Waals surface area (Å²) in [5, 5.41) is 0. The maximum absolute atomic E-state index is 13.9. The van der Waals surface area contributed by atoms with E-state index in [1.807, 2.05) is 30.3 Å². The van der Waals surface area contributed by atoms with Crippen molar-refractivity contribution in [2.75, 3.05) is 32.8 Å². The van der Waals surface area contributed by atoms with Crippen molar-refractivity contribution in [3.8, 4) is 5.75 Å². The number of nitrogens with zero attached hydrogens (tertiary/aromatic N) is 2. The zero-order valence-corrected chi connectivity index (χ0v) is 16.6. The predicted molar refractivity (Wildman–Crippen MR) is 103 cm³/mol. The molecule has 9 heteroatoms. The molecule has 3 rings (SSSR count). The Bertz CT molecular complexity index is 926. The van der Waals surface area contributed by atoms with Crippen LogP contribution in [-0.2, 0) is 14.8 Å². The highest BCUT2D eigenvalue weighted by molar-refractivity contribution is 7.89. The molecule has 2 aromatic carbocycles. The molecule has 0 spiro atoms. The number of amides is 1. The second-order valence-electron chi connectivity index (χ2n) is 6.60. The van der Waals surface area contributed by atoms with Crippen LogP contribution in [0.15, 0.2) is 53.4 Å². The molecule has 1 aliphatic rings. The zero-order valence-electron chi connectivity index (χ0n) is 15.8. The topological polar surface area (TPSA) is 66.9 Å². The quantitative estimate of drug-likeness (QED) is 0.641. The third-order valence-electron chi connectivity index (χ3n) is 4.66. The van der Waals surface area contributed by atoms with Crippen LogP contribution in [0.1, 0.15) is 12.8 Å². The number of carbonyl (C=O) groups is 1. The monoisotopic (exact) mass is 424 g/mol. The Balaban J connectivity index is 1.49. The van der Waals surface area contributed by atoms with E-state index in [0.29, 0.717) is 13.0 Å². The van der Waals surface area contributed by atoms with Crippen molar-refractivity contribution in [1.29, 1.82) is 0 Å². The number of piperazine rings is 1. The molecule has 1 amide bonds. The molecule has 6 nitrogen and oxygen atoms in total. The highest BCUT2D eigenvalue weighted by atomic mass is 32.2. The van der Waals surface area contributed by atoms with Crippen LogP contribution in [0.3, 0.4) is 0 Å². The van der Waals surface area contributed by atoms with Crippen molar-refractivity contribution in [1.82, 2.24) is 9.21 Å². The number of hydrogen-bond acceptors (Lipinski definition) is 4. The van der Waals surface area contributed by atoms with Gasteiger partial charge in [-0.25, -0.2) is 17.2 Å². The first kappa shape index (κ1) is 21.2. The molecule has 2 aromatic rings. The molecule has 0 saturated carbocycles. The van der Waals surface area contributed by atoms with E-state index in [1.165, 1.54) is 0 Å². The van der Waals surface area contributed by atoms with Crippen molar-refractivity contribution in [2.45, 2.75) is 17.7 Å². The van der Waals surface area contributed by atoms with E-state index in [0.717, 1.165) is 28.3 Å². The molecule has 1 heterocycles. The number of ether oxygens (including phenoxy) is 1. The van der Waals surface area contributed by atoms with Gasteiger partial charge in [-0.05, 0) is 30.7 Å². The molecular weight excluding hydrogens is 402 g/mol. The summed E-state index contributed by atoms with van der Waals surface area (Å²) in [7, 11) is -4.30. The second kappa shape index (κ2) is 9.32. The fourth-order valence-corrected chi connectivity index (χ4v) is 4.66. The van der Waals surface area contributed by atoms with Crippen LogP contribution in [0.4, 0.5) is 8.78 Å². The number of halogens is 2. The fraction of sp³-hybridized carbons (Fsp3) is 0.350. The van der Waals surface area contributed by atoms with Gasteiger partial charge in [0, 0.05) is 32.6 Å². The van der Waals surface area contributed by atoms with Gasteiger partial charge in [0.2, 0.25) is 15.9 Å². The van der Waals surface area contributed by atoms with Gasteiger partial charge in [-0.15, -0.1) is 0 Å². The van der Waals surface area contributed by atoms with Crippen LogP contribution in [0.2, 0.25) is 0 Å². The van der Waals surface area contributed by atoms with E-state index in [9.17, 15) is 22.0 Å². The number of carbonyl (C=O) groups excluding carboxylic acids is 1. The van der Waals surface area contributed by atoms with Gasteiger partial charge in [-0.3, -0.25) is 4.79 Å². The van der Waals surface area contributed by atoms with Crippen LogP contribution in [0.25, 0.3) is 0 Å². The first-order chi connectivity index (χ1) is 13.9. The van der Waals surface area contributed by atoms with E-state index < -0.39 is 26.6 Å². The SMILES string of the molecule is O=C(CCCOc1ccccc1)N1CCN(S(=O)(=O)c2c(F)cccc2F)CC1. The Hall–Kier alpha value is -2.52. The first-order valence-corrected chi connectivity index (χ1v) is 10.7. The molecule has 156 valence electrons. The molecule has 0 aliphatic carbocycles. The molecule has 1 aliphatic heterocycles. The molecule has 0 atom stereocenters. The molecule has 0 unspecified atom stereocenters. The Morgan fingerprint density at radius 1 is 0.931 bits per heavy atom. The lowest BCUT2D eigenvalue weighted by atomic mass is 10.2. The standard InChI is InChI=1S/C20H22F2N2O4S/c21-17-8-4-9-18(22)20(17)29(26,27)24-13-11-23(12-14-24)19(25)10-5-15-28-16-6-2-1-3-7-16/h1-4,6-9H,5,10-15H2. The highest BCUT2D eigenvalue weighted by Crippen LogP contribution is 2.23. The predicted octanol–water partition coefficient (Wildman–Crippen LogP) is 2.66. The Morgan fingerprint density at radius 2 is 1.55 bits per heavy atom. The van der Waals surface area contributed by atoms with E-state index in [1.54, 1.807) is 4.90 Å². The number of para-hydroxylation sites is 1. The number of hydrogen-bond donors (Lipinski definition) is 0. The molecule has 0 radical (unpaired) electrons. The largest absolute Gasteiger partial charge is 0.494 e. The van der Waals surface area contributed by atoms with Gasteiger partial charge >= 0.3 is 0 Å². The minimum Gasteiger partial charge on any atom is -0.494 e. The van der Waals surface area contributed by atoms with Gasteiger partial charge in [-0.2, -0.15) is 4.31 Å². The molecule has 0 bridgehead atoms. The smallest absolute Gasteiger partial charge is 0.249 e. The lowest BCUT2D eigenvalue weighted by Crippen LogP contribution is -2.50. The fourth-order valence-electron chi connectivity index (χ4n) is 3.12. The minimum atomic E-state index is -4.30. The second-order valence-corrected chi connectivity index (χ2v) is 8.48. The van der Waals surface area contributed by atoms with Crippen LogP contribution >= 0.6 is 0 Å². The summed E-state index contributed by atoms with van der Waals surface area (Å²) < 4.78 is 59.5. The van der Waals surface area contributed by atoms with Crippen molar-refractivity contribution >= 4 is 15.9 Å². The molecular formula is C20H22F2N2O4S. The van der Waals surface area contributed by atoms with Crippen LogP contribution in [0.5, 0.6) is 5.75 Å². The third-order valence-corrected chi connectivity index (χ3v) is 6.61. The van der Waals surface area contributed by atoms with Gasteiger partial charge in [0.25, 0.3) is 0 Å². The molecule has 29 heavy (non-hydrogen) atoms. The van der Waals surface area contributed by atoms with E-state index in [-0.39, 0.29) is 38.5 Å². The average molecular weight is 424 g/mol. The molecule has 0 N–H and O–H groups in total. The van der Waals surface area contributed by atoms with Crippen molar-refractivity contribution < 1.29 is 26.7 Å². The van der Waals surface area contributed by atoms with Crippen LogP contribution < -0.4 is 4.74 Å². The first-order valence-electron chi connectivity index (χ1n) is 9.29. The minimum absolute atomic E-state index is 0.0115. The summed E-state index contributed by atoms with van der Waals surface area (Å²) in [5.74, 6) is -1.61. The van der Waals surface area contributed by atoms with E-state index >= 15 is 0 Å². The van der Waals surface area contributed by atoms with E-state index in [2.05, 4.69) is 0 Å². The molecule has 1 fully saturated rings. The highest BCUT2D eigenvalue weighted by Gasteiger charge is 2.33. The summed E-state index contributed by atoms with van der Waals surface area (Å²) >= 11 is 0. The Morgan fingerprint density at radius 3 is 2.17 bits per heavy atom. The number of rotatable bonds is 7. The summed E-state index contributed by atoms with van der Waals surface area (Å²) in [6.07, 6.45) is 0.814. The van der Waals surface area contributed by atoms with Gasteiger partial charge in [0.15, 0.2) is 4.90 Å². The van der Waals surface area contributed by atoms with Crippen molar-refractivity contribution in [3.05, 3.63) is 60.2 Å². The van der Waals surface area contributed by atoms with Crippen LogP contribution in [0, 0.1) is 11.6 Å². The zero-order chi connectivity index (χ0) is 20.9. The van der Waals surface area contributed by atoms with Gasteiger partial charge in [-0.1, -0.05) is 24.3 Å². The van der Waals surface area contributed by atoms with Crippen molar-refractivity contribution in [2.24, 2.45) is 0 Å². The Labute approximate surface area is 168 Å². The van der Waals surface area contributed by atoms with Gasteiger partial charge in [0.05, 0.1) is 6.61 Å². The number of benzene rings is 2. The number of sulfonamides is 1. The van der Waals surface area contributed by atoms with E-state index in [4.69, 9.17) is 4.74 Å². The maximum atomic E-state index is 13.9. The maximum Gasteiger partial charge on any atom is 0.249 e. The molecule has 0 aromatic heterocycles. The summed E-state index contributed by atoms with van der Waals surface area (Å²) in [6.45, 7) is 0.725.